The van der Waals surface area contributed by atoms with Crippen molar-refractivity contribution < 1.29 is 9.59 Å². The first-order valence-corrected chi connectivity index (χ1v) is 11.4. The first kappa shape index (κ1) is 23.9. The number of nitrogens with one attached hydrogen (secondary N) is 1. The molecule has 0 aliphatic heterocycles. The van der Waals surface area contributed by atoms with E-state index in [9.17, 15) is 9.59 Å². The number of hydrogen-bond acceptors (Lipinski definition) is 3. The van der Waals surface area contributed by atoms with Crippen molar-refractivity contribution in [3.05, 3.63) is 68.7 Å². The molecule has 4 nitrogen and oxygen atoms in total. The summed E-state index contributed by atoms with van der Waals surface area (Å²) in [6.45, 7) is 2.12. The highest BCUT2D eigenvalue weighted by Crippen LogP contribution is 2.24. The normalized spacial score (nSPS) is 11.8. The molecule has 156 valence electrons. The van der Waals surface area contributed by atoms with Gasteiger partial charge in [-0.1, -0.05) is 59.9 Å². The van der Waals surface area contributed by atoms with Crippen LogP contribution in [-0.2, 0) is 21.9 Å². The fraction of sp³-hybridized carbons (Fsp3) is 0.333. The zero-order valence-corrected chi connectivity index (χ0v) is 19.3. The van der Waals surface area contributed by atoms with Crippen LogP contribution in [0.5, 0.6) is 0 Å². The lowest BCUT2D eigenvalue weighted by molar-refractivity contribution is -0.139. The molecule has 0 aromatic heterocycles. The average Bonchev–Trinajstić information content (AvgIpc) is 2.70. The summed E-state index contributed by atoms with van der Waals surface area (Å²) in [7, 11) is 1.57. The predicted octanol–water partition coefficient (Wildman–Crippen LogP) is 5.43. The zero-order chi connectivity index (χ0) is 21.4. The number of benzene rings is 2. The van der Waals surface area contributed by atoms with Crippen molar-refractivity contribution in [1.82, 2.24) is 10.2 Å². The van der Waals surface area contributed by atoms with Gasteiger partial charge in [0, 0.05) is 34.4 Å². The Balaban J connectivity index is 2.13. The van der Waals surface area contributed by atoms with Gasteiger partial charge in [0.2, 0.25) is 11.8 Å². The summed E-state index contributed by atoms with van der Waals surface area (Å²) in [6, 6.07) is 12.1. The molecule has 0 fully saturated rings. The van der Waals surface area contributed by atoms with Gasteiger partial charge in [-0.2, -0.15) is 0 Å². The second-order valence-corrected chi connectivity index (χ2v) is 8.68. The van der Waals surface area contributed by atoms with E-state index in [0.29, 0.717) is 27.2 Å². The van der Waals surface area contributed by atoms with E-state index >= 15 is 0 Å². The van der Waals surface area contributed by atoms with E-state index in [1.54, 1.807) is 30.1 Å². The van der Waals surface area contributed by atoms with Crippen molar-refractivity contribution in [2.24, 2.45) is 0 Å². The lowest BCUT2D eigenvalue weighted by atomic mass is 10.1. The van der Waals surface area contributed by atoms with Crippen molar-refractivity contribution in [2.75, 3.05) is 12.8 Å². The van der Waals surface area contributed by atoms with Gasteiger partial charge in [0.05, 0.1) is 5.75 Å². The van der Waals surface area contributed by atoms with E-state index in [1.807, 2.05) is 31.2 Å². The summed E-state index contributed by atoms with van der Waals surface area (Å²) in [5.41, 5.74) is 1.83. The van der Waals surface area contributed by atoms with Crippen LogP contribution in [0.15, 0.2) is 42.5 Å². The molecule has 2 aromatic carbocycles. The van der Waals surface area contributed by atoms with Crippen LogP contribution in [0, 0.1) is 0 Å². The highest BCUT2D eigenvalue weighted by molar-refractivity contribution is 7.99. The maximum atomic E-state index is 13.0. The molecule has 0 aliphatic rings. The molecule has 2 rings (SSSR count). The Labute approximate surface area is 190 Å². The Bertz CT molecular complexity index is 846. The molecule has 0 heterocycles. The molecule has 1 atom stereocenters. The average molecular weight is 474 g/mol. The van der Waals surface area contributed by atoms with E-state index in [0.717, 1.165) is 11.1 Å². The lowest BCUT2D eigenvalue weighted by Crippen LogP contribution is -2.48. The largest absolute Gasteiger partial charge is 0.357 e. The van der Waals surface area contributed by atoms with Crippen molar-refractivity contribution in [3.63, 3.8) is 0 Å². The van der Waals surface area contributed by atoms with Crippen LogP contribution in [0.4, 0.5) is 0 Å². The van der Waals surface area contributed by atoms with E-state index < -0.39 is 6.04 Å². The van der Waals surface area contributed by atoms with Gasteiger partial charge in [0.25, 0.3) is 0 Å². The molecule has 2 amide bonds. The standard InChI is InChI=1S/C21H23Cl3N2O2S/c1-3-19(21(28)25-2)26(11-15-6-9-17(23)10-18(15)24)20(27)13-29-12-14-4-7-16(22)8-5-14/h4-10,19H,3,11-13H2,1-2H3,(H,25,28)/t19-/m0/s1. The van der Waals surface area contributed by atoms with Crippen molar-refractivity contribution in [1.29, 1.82) is 0 Å². The first-order chi connectivity index (χ1) is 13.8. The molecule has 29 heavy (non-hydrogen) atoms. The van der Waals surface area contributed by atoms with Crippen molar-refractivity contribution >= 4 is 58.4 Å². The summed E-state index contributed by atoms with van der Waals surface area (Å²) < 4.78 is 0. The maximum Gasteiger partial charge on any atom is 0.242 e. The van der Waals surface area contributed by atoms with Crippen LogP contribution >= 0.6 is 46.6 Å². The fourth-order valence-corrected chi connectivity index (χ4v) is 4.30. The second kappa shape index (κ2) is 11.7. The van der Waals surface area contributed by atoms with Gasteiger partial charge >= 0.3 is 0 Å². The predicted molar refractivity (Wildman–Crippen MR) is 123 cm³/mol. The van der Waals surface area contributed by atoms with Crippen molar-refractivity contribution in [2.45, 2.75) is 31.7 Å². The van der Waals surface area contributed by atoms with Gasteiger partial charge in [-0.3, -0.25) is 9.59 Å². The third-order valence-electron chi connectivity index (χ3n) is 4.40. The molecule has 0 unspecified atom stereocenters. The summed E-state index contributed by atoms with van der Waals surface area (Å²) in [4.78, 5) is 27.0. The number of carbonyl (C=O) groups excluding carboxylic acids is 2. The molecule has 2 aromatic rings. The zero-order valence-electron chi connectivity index (χ0n) is 16.3. The molecule has 0 spiro atoms. The Hall–Kier alpha value is -1.40. The first-order valence-electron chi connectivity index (χ1n) is 9.12. The summed E-state index contributed by atoms with van der Waals surface area (Å²) >= 11 is 19.7. The van der Waals surface area contributed by atoms with Crippen LogP contribution < -0.4 is 5.32 Å². The Morgan fingerprint density at radius 3 is 2.31 bits per heavy atom. The molecule has 0 bridgehead atoms. The van der Waals surface area contributed by atoms with E-state index in [1.165, 1.54) is 11.8 Å². The number of amides is 2. The summed E-state index contributed by atoms with van der Waals surface area (Å²) in [5, 5.41) is 4.31. The third kappa shape index (κ3) is 7.10. The van der Waals surface area contributed by atoms with Gasteiger partial charge in [0.1, 0.15) is 6.04 Å². The summed E-state index contributed by atoms with van der Waals surface area (Å²) in [6.07, 6.45) is 0.498. The molecule has 0 radical (unpaired) electrons. The molecule has 0 saturated carbocycles. The van der Waals surface area contributed by atoms with Gasteiger partial charge in [-0.05, 0) is 41.8 Å². The minimum absolute atomic E-state index is 0.120. The third-order valence-corrected chi connectivity index (χ3v) is 6.22. The van der Waals surface area contributed by atoms with Gasteiger partial charge in [-0.25, -0.2) is 0 Å². The SMILES string of the molecule is CC[C@@H](C(=O)NC)N(Cc1ccc(Cl)cc1Cl)C(=O)CSCc1ccc(Cl)cc1. The number of halogens is 3. The Morgan fingerprint density at radius 1 is 1.07 bits per heavy atom. The van der Waals surface area contributed by atoms with Gasteiger partial charge in [0.15, 0.2) is 0 Å². The number of rotatable bonds is 9. The van der Waals surface area contributed by atoms with Crippen LogP contribution in [0.3, 0.4) is 0 Å². The minimum Gasteiger partial charge on any atom is -0.357 e. The van der Waals surface area contributed by atoms with Crippen molar-refractivity contribution in [3.8, 4) is 0 Å². The molecule has 0 saturated heterocycles. The fourth-order valence-electron chi connectivity index (χ4n) is 2.84. The topological polar surface area (TPSA) is 49.4 Å². The number of likely N-dealkylation sites (N-methyl/N-ethyl adjacent to an activating group) is 1. The number of nitrogens with zero attached hydrogens (tertiary/aromatic N) is 1. The molecule has 8 heteroatoms. The van der Waals surface area contributed by atoms with Crippen LogP contribution in [0.2, 0.25) is 15.1 Å². The Kier molecular flexibility index (Phi) is 9.63. The van der Waals surface area contributed by atoms with Gasteiger partial charge in [-0.15, -0.1) is 11.8 Å². The molecule has 1 N–H and O–H groups in total. The highest BCUT2D eigenvalue weighted by Gasteiger charge is 2.28. The van der Waals surface area contributed by atoms with E-state index in [-0.39, 0.29) is 24.1 Å². The Morgan fingerprint density at radius 2 is 1.72 bits per heavy atom. The second-order valence-electron chi connectivity index (χ2n) is 6.41. The van der Waals surface area contributed by atoms with Crippen LogP contribution in [-0.4, -0.2) is 35.6 Å². The van der Waals surface area contributed by atoms with Crippen LogP contribution in [0.25, 0.3) is 0 Å². The quantitative estimate of drug-likeness (QED) is 0.528. The maximum absolute atomic E-state index is 13.0. The smallest absolute Gasteiger partial charge is 0.242 e. The molecular formula is C21H23Cl3N2O2S. The minimum atomic E-state index is -0.574. The van der Waals surface area contributed by atoms with E-state index in [2.05, 4.69) is 5.32 Å². The number of thioether (sulfide) groups is 1. The highest BCUT2D eigenvalue weighted by atomic mass is 35.5. The van der Waals surface area contributed by atoms with Crippen LogP contribution in [0.1, 0.15) is 24.5 Å². The molecular weight excluding hydrogens is 451 g/mol. The monoisotopic (exact) mass is 472 g/mol. The summed E-state index contributed by atoms with van der Waals surface area (Å²) in [5.74, 6) is 0.607. The van der Waals surface area contributed by atoms with Gasteiger partial charge < -0.3 is 10.2 Å². The number of carbonyl (C=O) groups is 2. The molecule has 0 aliphatic carbocycles. The van der Waals surface area contributed by atoms with E-state index in [4.69, 9.17) is 34.8 Å². The number of hydrogen-bond donors (Lipinski definition) is 1. The lowest BCUT2D eigenvalue weighted by Gasteiger charge is -2.30.